The number of methoxy groups -OCH3 is 1. The molecule has 1 N–H and O–H groups in total. The summed E-state index contributed by atoms with van der Waals surface area (Å²) in [5.41, 5.74) is 1.08. The second kappa shape index (κ2) is 6.78. The zero-order valence-electron chi connectivity index (χ0n) is 11.9. The van der Waals surface area contributed by atoms with Gasteiger partial charge < -0.3 is 19.5 Å². The van der Waals surface area contributed by atoms with Gasteiger partial charge in [0.25, 0.3) is 0 Å². The van der Waals surface area contributed by atoms with Crippen LogP contribution in [0.15, 0.2) is 18.2 Å². The molecule has 1 saturated heterocycles. The van der Waals surface area contributed by atoms with Gasteiger partial charge in [0.05, 0.1) is 25.9 Å². The van der Waals surface area contributed by atoms with Gasteiger partial charge in [-0.2, -0.15) is 0 Å². The van der Waals surface area contributed by atoms with Gasteiger partial charge in [-0.3, -0.25) is 0 Å². The molecule has 2 rings (SSSR count). The van der Waals surface area contributed by atoms with Crippen molar-refractivity contribution in [3.63, 3.8) is 0 Å². The van der Waals surface area contributed by atoms with E-state index in [4.69, 9.17) is 14.2 Å². The smallest absolute Gasteiger partial charge is 0.128 e. The Morgan fingerprint density at radius 3 is 2.84 bits per heavy atom. The summed E-state index contributed by atoms with van der Waals surface area (Å²) in [4.78, 5) is 0. The molecule has 1 aliphatic heterocycles. The predicted molar refractivity (Wildman–Crippen MR) is 74.9 cm³/mol. The van der Waals surface area contributed by atoms with Crippen LogP contribution in [0, 0.1) is 0 Å². The van der Waals surface area contributed by atoms with Crippen molar-refractivity contribution in [2.24, 2.45) is 0 Å². The quantitative estimate of drug-likeness (QED) is 0.858. The molecule has 0 saturated carbocycles. The highest BCUT2D eigenvalue weighted by Gasteiger charge is 2.22. The number of benzene rings is 1. The van der Waals surface area contributed by atoms with Crippen LogP contribution in [0.1, 0.15) is 31.9 Å². The molecule has 4 heteroatoms. The molecule has 0 spiro atoms. The highest BCUT2D eigenvalue weighted by molar-refractivity contribution is 5.47. The standard InChI is InChI=1S/C15H23NO3/c1-4-16-11(2)15-13(17-3)6-5-7-14(15)19-12-8-9-18-10-12/h5-7,11-12,16H,4,8-10H2,1-3H3. The highest BCUT2D eigenvalue weighted by Crippen LogP contribution is 2.35. The van der Waals surface area contributed by atoms with Gasteiger partial charge in [0, 0.05) is 12.5 Å². The zero-order valence-corrected chi connectivity index (χ0v) is 11.9. The first-order valence-corrected chi connectivity index (χ1v) is 6.91. The van der Waals surface area contributed by atoms with Crippen LogP contribution >= 0.6 is 0 Å². The lowest BCUT2D eigenvalue weighted by atomic mass is 10.1. The Hall–Kier alpha value is -1.26. The monoisotopic (exact) mass is 265 g/mol. The zero-order chi connectivity index (χ0) is 13.7. The Bertz CT molecular complexity index is 402. The summed E-state index contributed by atoms with van der Waals surface area (Å²) in [5, 5.41) is 3.41. The molecule has 0 amide bonds. The molecular formula is C15H23NO3. The van der Waals surface area contributed by atoms with E-state index in [1.165, 1.54) is 0 Å². The van der Waals surface area contributed by atoms with Crippen molar-refractivity contribution in [3.05, 3.63) is 23.8 Å². The van der Waals surface area contributed by atoms with Gasteiger partial charge in [0.2, 0.25) is 0 Å². The highest BCUT2D eigenvalue weighted by atomic mass is 16.5. The minimum atomic E-state index is 0.152. The summed E-state index contributed by atoms with van der Waals surface area (Å²) in [6.07, 6.45) is 1.10. The fourth-order valence-corrected chi connectivity index (χ4v) is 2.43. The van der Waals surface area contributed by atoms with Crippen molar-refractivity contribution in [3.8, 4) is 11.5 Å². The van der Waals surface area contributed by atoms with Gasteiger partial charge in [-0.25, -0.2) is 0 Å². The number of hydrogen-bond donors (Lipinski definition) is 1. The lowest BCUT2D eigenvalue weighted by Crippen LogP contribution is -2.22. The fraction of sp³-hybridized carbons (Fsp3) is 0.600. The first-order valence-electron chi connectivity index (χ1n) is 6.91. The molecule has 1 heterocycles. The fourth-order valence-electron chi connectivity index (χ4n) is 2.43. The topological polar surface area (TPSA) is 39.7 Å². The summed E-state index contributed by atoms with van der Waals surface area (Å²) in [6.45, 7) is 6.58. The van der Waals surface area contributed by atoms with Crippen LogP contribution in [0.3, 0.4) is 0 Å². The van der Waals surface area contributed by atoms with Crippen molar-refractivity contribution in [2.75, 3.05) is 26.9 Å². The third-order valence-corrected chi connectivity index (χ3v) is 3.37. The average Bonchev–Trinajstić information content (AvgIpc) is 2.91. The molecule has 1 aromatic carbocycles. The largest absolute Gasteiger partial charge is 0.496 e. The van der Waals surface area contributed by atoms with Crippen LogP contribution in [0.4, 0.5) is 0 Å². The molecule has 19 heavy (non-hydrogen) atoms. The van der Waals surface area contributed by atoms with Crippen molar-refractivity contribution in [2.45, 2.75) is 32.4 Å². The maximum absolute atomic E-state index is 6.07. The number of ether oxygens (including phenoxy) is 3. The lowest BCUT2D eigenvalue weighted by molar-refractivity contribution is 0.140. The first-order chi connectivity index (χ1) is 9.26. The lowest BCUT2D eigenvalue weighted by Gasteiger charge is -2.22. The maximum Gasteiger partial charge on any atom is 0.128 e. The number of nitrogens with one attached hydrogen (secondary N) is 1. The molecule has 2 unspecified atom stereocenters. The van der Waals surface area contributed by atoms with Gasteiger partial charge in [-0.05, 0) is 25.6 Å². The normalized spacial score (nSPS) is 20.3. The maximum atomic E-state index is 6.07. The molecule has 0 aromatic heterocycles. The predicted octanol–water partition coefficient (Wildman–Crippen LogP) is 2.53. The van der Waals surface area contributed by atoms with E-state index in [9.17, 15) is 0 Å². The van der Waals surface area contributed by atoms with Gasteiger partial charge in [-0.15, -0.1) is 0 Å². The molecule has 1 fully saturated rings. The summed E-state index contributed by atoms with van der Waals surface area (Å²) in [6, 6.07) is 6.13. The molecule has 0 radical (unpaired) electrons. The molecule has 0 aliphatic carbocycles. The van der Waals surface area contributed by atoms with Crippen molar-refractivity contribution in [1.82, 2.24) is 5.32 Å². The van der Waals surface area contributed by atoms with E-state index in [-0.39, 0.29) is 12.1 Å². The van der Waals surface area contributed by atoms with E-state index in [0.717, 1.165) is 36.6 Å². The summed E-state index contributed by atoms with van der Waals surface area (Å²) >= 11 is 0. The molecule has 106 valence electrons. The molecule has 1 aliphatic rings. The first kappa shape index (κ1) is 14.2. The van der Waals surface area contributed by atoms with Gasteiger partial charge in [0.15, 0.2) is 0 Å². The van der Waals surface area contributed by atoms with E-state index in [1.54, 1.807) is 7.11 Å². The number of hydrogen-bond acceptors (Lipinski definition) is 4. The van der Waals surface area contributed by atoms with Crippen LogP contribution in [-0.2, 0) is 4.74 Å². The van der Waals surface area contributed by atoms with E-state index in [0.29, 0.717) is 6.61 Å². The van der Waals surface area contributed by atoms with Crippen LogP contribution in [0.25, 0.3) is 0 Å². The van der Waals surface area contributed by atoms with E-state index < -0.39 is 0 Å². The summed E-state index contributed by atoms with van der Waals surface area (Å²) in [5.74, 6) is 1.76. The minimum absolute atomic E-state index is 0.152. The third-order valence-electron chi connectivity index (χ3n) is 3.37. The van der Waals surface area contributed by atoms with E-state index in [2.05, 4.69) is 19.2 Å². The van der Waals surface area contributed by atoms with Gasteiger partial charge in [0.1, 0.15) is 17.6 Å². The molecule has 4 nitrogen and oxygen atoms in total. The minimum Gasteiger partial charge on any atom is -0.496 e. The SMILES string of the molecule is CCNC(C)c1c(OC)cccc1OC1CCOC1. The van der Waals surface area contributed by atoms with Gasteiger partial charge >= 0.3 is 0 Å². The Balaban J connectivity index is 2.24. The molecular weight excluding hydrogens is 242 g/mol. The Kier molecular flexibility index (Phi) is 5.05. The molecule has 2 atom stereocenters. The van der Waals surface area contributed by atoms with Crippen LogP contribution in [0.5, 0.6) is 11.5 Å². The van der Waals surface area contributed by atoms with Crippen LogP contribution in [0.2, 0.25) is 0 Å². The third kappa shape index (κ3) is 3.39. The van der Waals surface area contributed by atoms with E-state index in [1.807, 2.05) is 18.2 Å². The summed E-state index contributed by atoms with van der Waals surface area (Å²) < 4.78 is 16.9. The van der Waals surface area contributed by atoms with Crippen molar-refractivity contribution >= 4 is 0 Å². The summed E-state index contributed by atoms with van der Waals surface area (Å²) in [7, 11) is 1.69. The van der Waals surface area contributed by atoms with Crippen molar-refractivity contribution in [1.29, 1.82) is 0 Å². The molecule has 0 bridgehead atoms. The average molecular weight is 265 g/mol. The Morgan fingerprint density at radius 1 is 1.42 bits per heavy atom. The van der Waals surface area contributed by atoms with Crippen LogP contribution in [-0.4, -0.2) is 33.0 Å². The van der Waals surface area contributed by atoms with Crippen LogP contribution < -0.4 is 14.8 Å². The number of rotatable bonds is 6. The van der Waals surface area contributed by atoms with E-state index >= 15 is 0 Å². The van der Waals surface area contributed by atoms with Crippen molar-refractivity contribution < 1.29 is 14.2 Å². The molecule has 1 aromatic rings. The van der Waals surface area contributed by atoms with Gasteiger partial charge in [-0.1, -0.05) is 13.0 Å². The Morgan fingerprint density at radius 2 is 2.21 bits per heavy atom. The second-order valence-electron chi connectivity index (χ2n) is 4.75. The second-order valence-corrected chi connectivity index (χ2v) is 4.75. The Labute approximate surface area is 115 Å².